The predicted octanol–water partition coefficient (Wildman–Crippen LogP) is -0.261. The topological polar surface area (TPSA) is 117 Å². The van der Waals surface area contributed by atoms with E-state index in [2.05, 4.69) is 16.0 Å². The summed E-state index contributed by atoms with van der Waals surface area (Å²) in [6, 6.07) is 5.79. The second kappa shape index (κ2) is 11.2. The Hall–Kier alpha value is -2.45. The number of nitrogens with one attached hydrogen (secondary N) is 3. The number of esters is 1. The van der Waals surface area contributed by atoms with E-state index in [0.29, 0.717) is 17.7 Å². The number of aliphatic hydroxyl groups is 1. The lowest BCUT2D eigenvalue weighted by Crippen LogP contribution is -2.41. The molecule has 1 rings (SSSR count). The highest BCUT2D eigenvalue weighted by molar-refractivity contribution is 5.94. The maximum Gasteiger partial charge on any atom is 0.325 e. The van der Waals surface area contributed by atoms with Crippen LogP contribution in [0.5, 0.6) is 0 Å². The van der Waals surface area contributed by atoms with E-state index in [1.165, 1.54) is 0 Å². The summed E-state index contributed by atoms with van der Waals surface area (Å²) in [5.41, 5.74) is 1.10. The predicted molar refractivity (Wildman–Crippen MR) is 91.9 cm³/mol. The van der Waals surface area contributed by atoms with Crippen LogP contribution in [-0.2, 0) is 14.3 Å². The summed E-state index contributed by atoms with van der Waals surface area (Å²) in [5.74, 6) is -1.14. The quantitative estimate of drug-likeness (QED) is 0.432. The highest BCUT2D eigenvalue weighted by Gasteiger charge is 2.21. The highest BCUT2D eigenvalue weighted by Crippen LogP contribution is 2.14. The van der Waals surface area contributed by atoms with Gasteiger partial charge in [0, 0.05) is 18.7 Å². The van der Waals surface area contributed by atoms with Gasteiger partial charge in [-0.1, -0.05) is 12.1 Å². The maximum absolute atomic E-state index is 12.3. The molecule has 25 heavy (non-hydrogen) atoms. The van der Waals surface area contributed by atoms with Crippen LogP contribution in [0, 0.1) is 0 Å². The van der Waals surface area contributed by atoms with Crippen LogP contribution >= 0.6 is 0 Å². The molecule has 0 fully saturated rings. The summed E-state index contributed by atoms with van der Waals surface area (Å²) in [6.45, 7) is 4.10. The first-order valence-corrected chi connectivity index (χ1v) is 8.19. The first-order valence-electron chi connectivity index (χ1n) is 8.19. The minimum Gasteiger partial charge on any atom is -0.465 e. The number of ether oxygens (including phenoxy) is 1. The van der Waals surface area contributed by atoms with Crippen molar-refractivity contribution in [2.45, 2.75) is 19.9 Å². The number of rotatable bonds is 10. The van der Waals surface area contributed by atoms with E-state index < -0.39 is 17.9 Å². The molecule has 0 aromatic heterocycles. The number of hydrogen-bond acceptors (Lipinski definition) is 6. The van der Waals surface area contributed by atoms with E-state index in [-0.39, 0.29) is 32.2 Å². The van der Waals surface area contributed by atoms with Gasteiger partial charge in [-0.2, -0.15) is 0 Å². The average molecular weight is 351 g/mol. The van der Waals surface area contributed by atoms with Crippen LogP contribution in [0.4, 0.5) is 0 Å². The van der Waals surface area contributed by atoms with E-state index in [1.54, 1.807) is 31.2 Å². The molecular weight excluding hydrogens is 326 g/mol. The molecule has 0 spiro atoms. The molecule has 1 aromatic rings. The molecule has 0 aliphatic carbocycles. The first-order chi connectivity index (χ1) is 12.0. The Bertz CT molecular complexity index is 574. The number of benzene rings is 1. The van der Waals surface area contributed by atoms with Gasteiger partial charge in [0.05, 0.1) is 13.2 Å². The third-order valence-corrected chi connectivity index (χ3v) is 3.28. The second-order valence-electron chi connectivity index (χ2n) is 5.12. The van der Waals surface area contributed by atoms with Crippen molar-refractivity contribution in [3.8, 4) is 0 Å². The van der Waals surface area contributed by atoms with E-state index >= 15 is 0 Å². The van der Waals surface area contributed by atoms with Gasteiger partial charge in [-0.15, -0.1) is 0 Å². The Morgan fingerprint density at radius 3 is 2.36 bits per heavy atom. The third kappa shape index (κ3) is 6.90. The Morgan fingerprint density at radius 1 is 1.12 bits per heavy atom. The van der Waals surface area contributed by atoms with Crippen molar-refractivity contribution in [3.05, 3.63) is 35.4 Å². The van der Waals surface area contributed by atoms with Crippen molar-refractivity contribution in [1.82, 2.24) is 16.0 Å². The Balaban J connectivity index is 2.81. The minimum absolute atomic E-state index is 0.140. The van der Waals surface area contributed by atoms with Crippen LogP contribution < -0.4 is 16.0 Å². The van der Waals surface area contributed by atoms with Crippen LogP contribution in [0.1, 0.15) is 35.8 Å². The van der Waals surface area contributed by atoms with Gasteiger partial charge < -0.3 is 20.5 Å². The molecule has 8 heteroatoms. The van der Waals surface area contributed by atoms with Crippen molar-refractivity contribution in [3.63, 3.8) is 0 Å². The van der Waals surface area contributed by atoms with Crippen molar-refractivity contribution in [2.75, 3.05) is 32.8 Å². The lowest BCUT2D eigenvalue weighted by molar-refractivity contribution is -0.143. The second-order valence-corrected chi connectivity index (χ2v) is 5.12. The Morgan fingerprint density at radius 2 is 1.80 bits per heavy atom. The summed E-state index contributed by atoms with van der Waals surface area (Å²) < 4.78 is 4.77. The Labute approximate surface area is 146 Å². The number of carbonyl (C=O) groups is 3. The van der Waals surface area contributed by atoms with Gasteiger partial charge in [-0.25, -0.2) is 0 Å². The fraction of sp³-hybridized carbons (Fsp3) is 0.471. The molecule has 138 valence electrons. The summed E-state index contributed by atoms with van der Waals surface area (Å²) in [5, 5.41) is 17.1. The number of aliphatic hydroxyl groups excluding tert-OH is 1. The smallest absolute Gasteiger partial charge is 0.325 e. The van der Waals surface area contributed by atoms with Crippen molar-refractivity contribution >= 4 is 17.8 Å². The van der Waals surface area contributed by atoms with Gasteiger partial charge in [0.15, 0.2) is 0 Å². The van der Waals surface area contributed by atoms with Crippen molar-refractivity contribution < 1.29 is 24.2 Å². The molecule has 0 saturated heterocycles. The highest BCUT2D eigenvalue weighted by atomic mass is 16.5. The van der Waals surface area contributed by atoms with Crippen LogP contribution in [0.15, 0.2) is 24.3 Å². The molecule has 0 heterocycles. The molecule has 1 unspecified atom stereocenters. The van der Waals surface area contributed by atoms with Gasteiger partial charge in [0.25, 0.3) is 5.91 Å². The zero-order chi connectivity index (χ0) is 18.7. The molecule has 4 N–H and O–H groups in total. The molecule has 2 amide bonds. The molecule has 0 aliphatic heterocycles. The summed E-state index contributed by atoms with van der Waals surface area (Å²) in [4.78, 5) is 35.5. The summed E-state index contributed by atoms with van der Waals surface area (Å²) in [7, 11) is 0. The van der Waals surface area contributed by atoms with Crippen LogP contribution in [0.2, 0.25) is 0 Å². The number of amides is 2. The lowest BCUT2D eigenvalue weighted by Gasteiger charge is -2.18. The van der Waals surface area contributed by atoms with E-state index in [4.69, 9.17) is 9.84 Å². The molecule has 8 nitrogen and oxygen atoms in total. The molecule has 1 aromatic carbocycles. The monoisotopic (exact) mass is 351 g/mol. The van der Waals surface area contributed by atoms with E-state index in [1.807, 2.05) is 6.92 Å². The SMILES string of the molecule is CCNC(=O)c1ccc(C(NCCO)C(=O)NCC(=O)OCC)cc1. The van der Waals surface area contributed by atoms with Crippen LogP contribution in [-0.4, -0.2) is 55.7 Å². The number of carbonyl (C=O) groups excluding carboxylic acids is 3. The van der Waals surface area contributed by atoms with Crippen molar-refractivity contribution in [2.24, 2.45) is 0 Å². The largest absolute Gasteiger partial charge is 0.465 e. The van der Waals surface area contributed by atoms with Gasteiger partial charge in [-0.05, 0) is 31.5 Å². The van der Waals surface area contributed by atoms with Gasteiger partial charge >= 0.3 is 5.97 Å². The first kappa shape index (κ1) is 20.6. The molecule has 0 radical (unpaired) electrons. The summed E-state index contributed by atoms with van der Waals surface area (Å²) in [6.07, 6.45) is 0. The normalized spacial score (nSPS) is 11.5. The third-order valence-electron chi connectivity index (χ3n) is 3.28. The van der Waals surface area contributed by atoms with Crippen molar-refractivity contribution in [1.29, 1.82) is 0 Å². The lowest BCUT2D eigenvalue weighted by atomic mass is 10.0. The van der Waals surface area contributed by atoms with Gasteiger partial charge in [0.1, 0.15) is 12.6 Å². The van der Waals surface area contributed by atoms with E-state index in [0.717, 1.165) is 0 Å². The molecule has 0 bridgehead atoms. The maximum atomic E-state index is 12.3. The Kier molecular flexibility index (Phi) is 9.20. The fourth-order valence-electron chi connectivity index (χ4n) is 2.13. The molecule has 0 aliphatic rings. The fourth-order valence-corrected chi connectivity index (χ4v) is 2.13. The molecule has 0 saturated carbocycles. The minimum atomic E-state index is -0.759. The summed E-state index contributed by atoms with van der Waals surface area (Å²) >= 11 is 0. The zero-order valence-electron chi connectivity index (χ0n) is 14.5. The van der Waals surface area contributed by atoms with Crippen LogP contribution in [0.3, 0.4) is 0 Å². The van der Waals surface area contributed by atoms with Gasteiger partial charge in [-0.3, -0.25) is 19.7 Å². The molecule has 1 atom stereocenters. The average Bonchev–Trinajstić information content (AvgIpc) is 2.61. The molecular formula is C17H25N3O5. The van der Waals surface area contributed by atoms with Gasteiger partial charge in [0.2, 0.25) is 5.91 Å². The van der Waals surface area contributed by atoms with E-state index in [9.17, 15) is 14.4 Å². The zero-order valence-corrected chi connectivity index (χ0v) is 14.5. The standard InChI is InChI=1S/C17H25N3O5/c1-3-18-16(23)13-7-5-12(6-8-13)15(19-9-10-21)17(24)20-11-14(22)25-4-2/h5-8,15,19,21H,3-4,9-11H2,1-2H3,(H,18,23)(H,20,24). The number of hydrogen-bond donors (Lipinski definition) is 4. The van der Waals surface area contributed by atoms with Crippen LogP contribution in [0.25, 0.3) is 0 Å².